The van der Waals surface area contributed by atoms with Gasteiger partial charge in [0.1, 0.15) is 24.2 Å². The van der Waals surface area contributed by atoms with Crippen LogP contribution < -0.4 is 11.1 Å². The van der Waals surface area contributed by atoms with E-state index in [-0.39, 0.29) is 18.3 Å². The number of amides is 1. The first-order chi connectivity index (χ1) is 16.3. The molecule has 0 saturated carbocycles. The minimum atomic E-state index is -1.37. The van der Waals surface area contributed by atoms with Gasteiger partial charge >= 0.3 is 0 Å². The van der Waals surface area contributed by atoms with E-state index in [2.05, 4.69) is 20.3 Å². The number of ether oxygens (including phenoxy) is 2. The number of imidazole rings is 1. The van der Waals surface area contributed by atoms with Crippen LogP contribution in [0.5, 0.6) is 0 Å². The Balaban J connectivity index is 1.34. The standard InChI is InChI=1S/C24H26N6O4/c1-24(2,32)34-17-10-19(30-13-29-20-21(25)27-12-28-22(20)30)33-18(17)11-26-23(31)16-8-7-14-5-3-4-6-15(14)9-16/h3-9,12-13,17-19,32H,10-11H2,1-2H3,(H,26,31)(H2,25,27,28). The summed E-state index contributed by atoms with van der Waals surface area (Å²) in [5.74, 6) is -1.30. The van der Waals surface area contributed by atoms with Crippen LogP contribution in [0, 0.1) is 0 Å². The van der Waals surface area contributed by atoms with Crippen LogP contribution in [-0.4, -0.2) is 55.1 Å². The lowest BCUT2D eigenvalue weighted by atomic mass is 10.1. The first-order valence-electron chi connectivity index (χ1n) is 11.0. The van der Waals surface area contributed by atoms with E-state index in [1.807, 2.05) is 36.4 Å². The summed E-state index contributed by atoms with van der Waals surface area (Å²) in [6, 6.07) is 13.4. The van der Waals surface area contributed by atoms with Crippen LogP contribution >= 0.6 is 0 Å². The maximum Gasteiger partial charge on any atom is 0.251 e. The fourth-order valence-electron chi connectivity index (χ4n) is 4.26. The Hall–Kier alpha value is -3.60. The molecule has 4 N–H and O–H groups in total. The second-order valence-electron chi connectivity index (χ2n) is 8.82. The molecule has 1 amide bonds. The number of nitrogens with one attached hydrogen (secondary N) is 1. The number of carbonyl (C=O) groups excluding carboxylic acids is 1. The number of carbonyl (C=O) groups is 1. The molecular weight excluding hydrogens is 436 g/mol. The number of hydrogen-bond donors (Lipinski definition) is 3. The Morgan fingerprint density at radius 2 is 2.03 bits per heavy atom. The van der Waals surface area contributed by atoms with E-state index in [1.165, 1.54) is 6.33 Å². The number of aliphatic hydroxyl groups is 1. The quantitative estimate of drug-likeness (QED) is 0.372. The molecule has 1 aliphatic rings. The van der Waals surface area contributed by atoms with Crippen molar-refractivity contribution in [2.75, 3.05) is 12.3 Å². The molecule has 10 heteroatoms. The van der Waals surface area contributed by atoms with Crippen molar-refractivity contribution in [1.82, 2.24) is 24.8 Å². The lowest BCUT2D eigenvalue weighted by Crippen LogP contribution is -2.41. The fraction of sp³-hybridized carbons (Fsp3) is 0.333. The van der Waals surface area contributed by atoms with E-state index in [0.717, 1.165) is 10.8 Å². The van der Waals surface area contributed by atoms with Crippen LogP contribution in [0.3, 0.4) is 0 Å². The third-order valence-corrected chi connectivity index (χ3v) is 5.79. The Morgan fingerprint density at radius 3 is 2.82 bits per heavy atom. The highest BCUT2D eigenvalue weighted by molar-refractivity contribution is 5.98. The topological polar surface area (TPSA) is 137 Å². The summed E-state index contributed by atoms with van der Waals surface area (Å²) in [5, 5.41) is 15.2. The molecule has 5 rings (SSSR count). The summed E-state index contributed by atoms with van der Waals surface area (Å²) in [4.78, 5) is 25.4. The molecule has 1 saturated heterocycles. The van der Waals surface area contributed by atoms with E-state index in [1.54, 1.807) is 30.8 Å². The molecule has 176 valence electrons. The maximum atomic E-state index is 12.9. The number of nitrogens with two attached hydrogens (primary N) is 1. The lowest BCUT2D eigenvalue weighted by molar-refractivity contribution is -0.213. The number of fused-ring (bicyclic) bond motifs is 2. The molecule has 3 atom stereocenters. The fourth-order valence-corrected chi connectivity index (χ4v) is 4.26. The van der Waals surface area contributed by atoms with E-state index < -0.39 is 24.2 Å². The predicted octanol–water partition coefficient (Wildman–Crippen LogP) is 2.39. The number of nitrogens with zero attached hydrogens (tertiary/aromatic N) is 4. The van der Waals surface area contributed by atoms with Gasteiger partial charge in [0.2, 0.25) is 0 Å². The summed E-state index contributed by atoms with van der Waals surface area (Å²) in [7, 11) is 0. The highest BCUT2D eigenvalue weighted by atomic mass is 16.6. The molecule has 0 aliphatic carbocycles. The van der Waals surface area contributed by atoms with Gasteiger partial charge < -0.3 is 25.6 Å². The molecule has 2 aromatic carbocycles. The minimum Gasteiger partial charge on any atom is -0.382 e. The van der Waals surface area contributed by atoms with Gasteiger partial charge in [-0.1, -0.05) is 30.3 Å². The number of hydrogen-bond acceptors (Lipinski definition) is 8. The molecule has 10 nitrogen and oxygen atoms in total. The van der Waals surface area contributed by atoms with Gasteiger partial charge in [0.15, 0.2) is 17.3 Å². The lowest BCUT2D eigenvalue weighted by Gasteiger charge is -2.26. The van der Waals surface area contributed by atoms with Crippen molar-refractivity contribution in [3.63, 3.8) is 0 Å². The molecule has 0 bridgehead atoms. The molecule has 34 heavy (non-hydrogen) atoms. The average Bonchev–Trinajstić information content (AvgIpc) is 3.40. The summed E-state index contributed by atoms with van der Waals surface area (Å²) < 4.78 is 13.9. The SMILES string of the molecule is CC(C)(O)OC1CC(n2cnc3c(N)ncnc32)OC1CNC(=O)c1ccc2ccccc2c1. The normalized spacial score (nSPS) is 20.7. The van der Waals surface area contributed by atoms with E-state index in [9.17, 15) is 9.90 Å². The van der Waals surface area contributed by atoms with Gasteiger partial charge in [0.05, 0.1) is 12.4 Å². The molecule has 0 spiro atoms. The molecule has 4 aromatic rings. The van der Waals surface area contributed by atoms with Crippen molar-refractivity contribution < 1.29 is 19.4 Å². The first kappa shape index (κ1) is 22.2. The van der Waals surface area contributed by atoms with Crippen molar-refractivity contribution in [2.45, 2.75) is 44.5 Å². The zero-order chi connectivity index (χ0) is 23.9. The van der Waals surface area contributed by atoms with Gasteiger partial charge in [-0.2, -0.15) is 0 Å². The Morgan fingerprint density at radius 1 is 1.24 bits per heavy atom. The van der Waals surface area contributed by atoms with Crippen molar-refractivity contribution in [2.24, 2.45) is 0 Å². The monoisotopic (exact) mass is 462 g/mol. The summed E-state index contributed by atoms with van der Waals surface area (Å²) in [6.45, 7) is 3.32. The molecule has 1 fully saturated rings. The molecule has 0 radical (unpaired) electrons. The van der Waals surface area contributed by atoms with Gasteiger partial charge in [-0.25, -0.2) is 15.0 Å². The van der Waals surface area contributed by atoms with Gasteiger partial charge in [-0.15, -0.1) is 0 Å². The summed E-state index contributed by atoms with van der Waals surface area (Å²) in [6.07, 6.45) is 1.95. The number of rotatable bonds is 6. The highest BCUT2D eigenvalue weighted by Gasteiger charge is 2.40. The van der Waals surface area contributed by atoms with E-state index >= 15 is 0 Å². The van der Waals surface area contributed by atoms with Crippen LogP contribution in [0.4, 0.5) is 5.82 Å². The molecule has 2 aromatic heterocycles. The van der Waals surface area contributed by atoms with Gasteiger partial charge in [0, 0.05) is 18.5 Å². The average molecular weight is 463 g/mol. The Labute approximate surface area is 195 Å². The van der Waals surface area contributed by atoms with E-state index in [4.69, 9.17) is 15.2 Å². The number of anilines is 1. The number of nitrogen functional groups attached to an aromatic ring is 1. The third-order valence-electron chi connectivity index (χ3n) is 5.79. The van der Waals surface area contributed by atoms with Gasteiger partial charge in [-0.3, -0.25) is 9.36 Å². The van der Waals surface area contributed by atoms with Crippen LogP contribution in [0.2, 0.25) is 0 Å². The number of benzene rings is 2. The minimum absolute atomic E-state index is 0.201. The van der Waals surface area contributed by atoms with E-state index in [0.29, 0.717) is 23.1 Å². The first-order valence-corrected chi connectivity index (χ1v) is 11.0. The molecule has 3 heterocycles. The Bertz CT molecular complexity index is 1350. The molecule has 3 unspecified atom stereocenters. The smallest absolute Gasteiger partial charge is 0.251 e. The van der Waals surface area contributed by atoms with Crippen molar-refractivity contribution >= 4 is 33.7 Å². The second kappa shape index (κ2) is 8.64. The Kier molecular flexibility index (Phi) is 5.64. The molecule has 1 aliphatic heterocycles. The highest BCUT2D eigenvalue weighted by Crippen LogP contribution is 2.34. The number of aromatic nitrogens is 4. The van der Waals surface area contributed by atoms with Gasteiger partial charge in [-0.05, 0) is 36.8 Å². The van der Waals surface area contributed by atoms with Crippen LogP contribution in [0.25, 0.3) is 21.9 Å². The molecular formula is C24H26N6O4. The van der Waals surface area contributed by atoms with Crippen LogP contribution in [-0.2, 0) is 9.47 Å². The van der Waals surface area contributed by atoms with Gasteiger partial charge in [0.25, 0.3) is 5.91 Å². The zero-order valence-corrected chi connectivity index (χ0v) is 18.9. The van der Waals surface area contributed by atoms with Crippen molar-refractivity contribution in [3.8, 4) is 0 Å². The largest absolute Gasteiger partial charge is 0.382 e. The predicted molar refractivity (Wildman–Crippen MR) is 126 cm³/mol. The van der Waals surface area contributed by atoms with Crippen LogP contribution in [0.15, 0.2) is 55.1 Å². The van der Waals surface area contributed by atoms with Crippen molar-refractivity contribution in [3.05, 3.63) is 60.7 Å². The second-order valence-corrected chi connectivity index (χ2v) is 8.82. The maximum absolute atomic E-state index is 12.9. The summed E-state index contributed by atoms with van der Waals surface area (Å²) >= 11 is 0. The van der Waals surface area contributed by atoms with Crippen molar-refractivity contribution in [1.29, 1.82) is 0 Å². The van der Waals surface area contributed by atoms with Crippen LogP contribution in [0.1, 0.15) is 36.9 Å². The zero-order valence-electron chi connectivity index (χ0n) is 18.9. The summed E-state index contributed by atoms with van der Waals surface area (Å²) in [5.41, 5.74) is 7.49. The third kappa shape index (κ3) is 4.43.